The van der Waals surface area contributed by atoms with Gasteiger partial charge >= 0.3 is 5.97 Å². The molecular formula is C10H14N2O7. The summed E-state index contributed by atoms with van der Waals surface area (Å²) < 4.78 is 6.13. The summed E-state index contributed by atoms with van der Waals surface area (Å²) in [7, 11) is 0. The van der Waals surface area contributed by atoms with Crippen LogP contribution in [0.1, 0.15) is 11.8 Å². The molecule has 5 N–H and O–H groups in total. The topological polar surface area (TPSA) is 145 Å². The highest BCUT2D eigenvalue weighted by molar-refractivity contribution is 5.73. The molecule has 0 bridgehead atoms. The third-order valence-electron chi connectivity index (χ3n) is 2.93. The molecule has 1 aromatic heterocycles. The first-order valence-corrected chi connectivity index (χ1v) is 5.52. The number of aliphatic carboxylic acids is 1. The quantitative estimate of drug-likeness (QED) is 0.404. The van der Waals surface area contributed by atoms with Gasteiger partial charge in [0.15, 0.2) is 12.3 Å². The molecule has 9 nitrogen and oxygen atoms in total. The van der Waals surface area contributed by atoms with E-state index in [0.29, 0.717) is 5.56 Å². The van der Waals surface area contributed by atoms with E-state index in [0.717, 1.165) is 4.68 Å². The SMILES string of the molecule is O=C(O)[C@H]1OC(n2cc(CO)cn2)[C@H](O)[C@@H](O)[C@@H]1O. The van der Waals surface area contributed by atoms with E-state index in [1.54, 1.807) is 0 Å². The van der Waals surface area contributed by atoms with Gasteiger partial charge in [0.25, 0.3) is 0 Å². The normalized spacial score (nSPS) is 35.3. The Bertz CT molecular complexity index is 462. The molecule has 1 fully saturated rings. The maximum Gasteiger partial charge on any atom is 0.335 e. The molecule has 0 aromatic carbocycles. The van der Waals surface area contributed by atoms with E-state index in [9.17, 15) is 20.1 Å². The van der Waals surface area contributed by atoms with Gasteiger partial charge in [-0.05, 0) is 0 Å². The third-order valence-corrected chi connectivity index (χ3v) is 2.93. The number of hydrogen-bond acceptors (Lipinski definition) is 7. The first-order valence-electron chi connectivity index (χ1n) is 5.52. The fraction of sp³-hybridized carbons (Fsp3) is 0.600. The minimum absolute atomic E-state index is 0.281. The Balaban J connectivity index is 2.26. The predicted octanol–water partition coefficient (Wildman–Crippen LogP) is -2.56. The van der Waals surface area contributed by atoms with Gasteiger partial charge in [0.1, 0.15) is 18.3 Å². The smallest absolute Gasteiger partial charge is 0.335 e. The highest BCUT2D eigenvalue weighted by Gasteiger charge is 2.47. The number of aliphatic hydroxyl groups excluding tert-OH is 4. The van der Waals surface area contributed by atoms with E-state index in [1.165, 1.54) is 12.4 Å². The van der Waals surface area contributed by atoms with Crippen molar-refractivity contribution in [2.45, 2.75) is 37.3 Å². The van der Waals surface area contributed by atoms with Crippen molar-refractivity contribution in [1.82, 2.24) is 9.78 Å². The van der Waals surface area contributed by atoms with Crippen molar-refractivity contribution >= 4 is 5.97 Å². The Labute approximate surface area is 107 Å². The summed E-state index contributed by atoms with van der Waals surface area (Å²) in [5, 5.41) is 50.5. The summed E-state index contributed by atoms with van der Waals surface area (Å²) in [6, 6.07) is 0. The lowest BCUT2D eigenvalue weighted by atomic mass is 9.98. The van der Waals surface area contributed by atoms with Gasteiger partial charge in [-0.3, -0.25) is 0 Å². The van der Waals surface area contributed by atoms with E-state index in [1.807, 2.05) is 0 Å². The van der Waals surface area contributed by atoms with Gasteiger partial charge in [-0.2, -0.15) is 5.10 Å². The van der Waals surface area contributed by atoms with E-state index in [2.05, 4.69) is 5.10 Å². The number of aliphatic hydroxyl groups is 4. The van der Waals surface area contributed by atoms with Crippen LogP contribution in [-0.2, 0) is 16.1 Å². The molecule has 1 saturated heterocycles. The highest BCUT2D eigenvalue weighted by atomic mass is 16.6. The second-order valence-electron chi connectivity index (χ2n) is 4.24. The van der Waals surface area contributed by atoms with Gasteiger partial charge in [0.2, 0.25) is 0 Å². The van der Waals surface area contributed by atoms with Crippen LogP contribution in [0.25, 0.3) is 0 Å². The summed E-state index contributed by atoms with van der Waals surface area (Å²) >= 11 is 0. The van der Waals surface area contributed by atoms with E-state index >= 15 is 0 Å². The fourth-order valence-electron chi connectivity index (χ4n) is 1.88. The Hall–Kier alpha value is -1.52. The fourth-order valence-corrected chi connectivity index (χ4v) is 1.88. The van der Waals surface area contributed by atoms with Crippen molar-refractivity contribution in [2.24, 2.45) is 0 Å². The lowest BCUT2D eigenvalue weighted by Gasteiger charge is -2.38. The second kappa shape index (κ2) is 5.23. The minimum atomic E-state index is -1.74. The number of ether oxygens (including phenoxy) is 1. The average Bonchev–Trinajstić information content (AvgIpc) is 2.84. The molecule has 2 heterocycles. The molecule has 0 radical (unpaired) electrons. The molecular weight excluding hydrogens is 260 g/mol. The number of hydrogen-bond donors (Lipinski definition) is 5. The first kappa shape index (κ1) is 13.9. The van der Waals surface area contributed by atoms with Gasteiger partial charge in [0, 0.05) is 11.8 Å². The Morgan fingerprint density at radius 2 is 2.00 bits per heavy atom. The van der Waals surface area contributed by atoms with Crippen LogP contribution in [0, 0.1) is 0 Å². The van der Waals surface area contributed by atoms with Crippen molar-refractivity contribution in [3.8, 4) is 0 Å². The number of carbonyl (C=O) groups is 1. The van der Waals surface area contributed by atoms with Crippen molar-refractivity contribution < 1.29 is 35.1 Å². The molecule has 1 aliphatic rings. The lowest BCUT2D eigenvalue weighted by molar-refractivity contribution is -0.249. The van der Waals surface area contributed by atoms with Crippen molar-refractivity contribution in [1.29, 1.82) is 0 Å². The van der Waals surface area contributed by atoms with Crippen LogP contribution in [0.2, 0.25) is 0 Å². The number of nitrogens with zero attached hydrogens (tertiary/aromatic N) is 2. The largest absolute Gasteiger partial charge is 0.479 e. The molecule has 0 spiro atoms. The van der Waals surface area contributed by atoms with Crippen molar-refractivity contribution in [3.05, 3.63) is 18.0 Å². The van der Waals surface area contributed by atoms with Crippen LogP contribution in [0.3, 0.4) is 0 Å². The molecule has 106 valence electrons. The van der Waals surface area contributed by atoms with Crippen molar-refractivity contribution in [2.75, 3.05) is 0 Å². The Morgan fingerprint density at radius 3 is 2.53 bits per heavy atom. The zero-order valence-electron chi connectivity index (χ0n) is 9.70. The average molecular weight is 274 g/mol. The van der Waals surface area contributed by atoms with Crippen LogP contribution in [-0.4, -0.2) is 65.7 Å². The number of rotatable bonds is 3. The van der Waals surface area contributed by atoms with E-state index < -0.39 is 36.6 Å². The zero-order chi connectivity index (χ0) is 14.2. The Morgan fingerprint density at radius 1 is 1.32 bits per heavy atom. The molecule has 0 amide bonds. The lowest BCUT2D eigenvalue weighted by Crippen LogP contribution is -2.57. The number of aromatic nitrogens is 2. The Kier molecular flexibility index (Phi) is 3.83. The van der Waals surface area contributed by atoms with Gasteiger partial charge in [-0.25, -0.2) is 9.48 Å². The zero-order valence-corrected chi connectivity index (χ0v) is 9.70. The summed E-state index contributed by atoms with van der Waals surface area (Å²) in [5.74, 6) is -1.46. The van der Waals surface area contributed by atoms with Crippen LogP contribution in [0.4, 0.5) is 0 Å². The maximum absolute atomic E-state index is 10.9. The monoisotopic (exact) mass is 274 g/mol. The molecule has 5 atom stereocenters. The first-order chi connectivity index (χ1) is 8.95. The van der Waals surface area contributed by atoms with E-state index in [4.69, 9.17) is 14.9 Å². The van der Waals surface area contributed by atoms with Crippen molar-refractivity contribution in [3.63, 3.8) is 0 Å². The molecule has 0 saturated carbocycles. The summed E-state index contributed by atoms with van der Waals surface area (Å²) in [5.41, 5.74) is 0.434. The molecule has 1 aliphatic heterocycles. The molecule has 2 rings (SSSR count). The van der Waals surface area contributed by atoms with E-state index in [-0.39, 0.29) is 6.61 Å². The molecule has 19 heavy (non-hydrogen) atoms. The van der Waals surface area contributed by atoms with Gasteiger partial charge < -0.3 is 30.3 Å². The minimum Gasteiger partial charge on any atom is -0.479 e. The van der Waals surface area contributed by atoms with Crippen LogP contribution in [0.15, 0.2) is 12.4 Å². The van der Waals surface area contributed by atoms with Crippen LogP contribution < -0.4 is 0 Å². The standard InChI is InChI=1S/C10H14N2O7/c13-3-4-1-11-12(2-4)9-7(16)5(14)6(15)8(19-9)10(17)18/h1-2,5-9,13-16H,3H2,(H,17,18)/t5-,6-,7+,8-,9?/m0/s1. The van der Waals surface area contributed by atoms with Gasteiger partial charge in [-0.1, -0.05) is 0 Å². The maximum atomic E-state index is 10.9. The molecule has 1 aromatic rings. The number of carboxylic acids is 1. The van der Waals surface area contributed by atoms with Crippen LogP contribution in [0.5, 0.6) is 0 Å². The predicted molar refractivity (Wildman–Crippen MR) is 57.7 cm³/mol. The second-order valence-corrected chi connectivity index (χ2v) is 4.24. The molecule has 0 aliphatic carbocycles. The summed E-state index contributed by atoms with van der Waals surface area (Å²) in [6.07, 6.45) is -5.25. The van der Waals surface area contributed by atoms with Crippen LogP contribution >= 0.6 is 0 Å². The summed E-state index contributed by atoms with van der Waals surface area (Å²) in [4.78, 5) is 10.9. The molecule has 1 unspecified atom stereocenters. The highest BCUT2D eigenvalue weighted by Crippen LogP contribution is 2.28. The summed E-state index contributed by atoms with van der Waals surface area (Å²) in [6.45, 7) is -0.281. The van der Waals surface area contributed by atoms with Gasteiger partial charge in [-0.15, -0.1) is 0 Å². The number of carboxylic acid groups (broad SMARTS) is 1. The van der Waals surface area contributed by atoms with Gasteiger partial charge in [0.05, 0.1) is 12.8 Å². The molecule has 9 heteroatoms. The third kappa shape index (κ3) is 2.46.